The van der Waals surface area contributed by atoms with E-state index in [1.807, 2.05) is 6.07 Å². The molecule has 0 radical (unpaired) electrons. The minimum Gasteiger partial charge on any atom is -0.300 e. The quantitative estimate of drug-likeness (QED) is 0.678. The molecule has 2 nitrogen and oxygen atoms in total. The van der Waals surface area contributed by atoms with E-state index >= 15 is 0 Å². The largest absolute Gasteiger partial charge is 0.300 e. The van der Waals surface area contributed by atoms with Crippen LogP contribution in [0.1, 0.15) is 39.2 Å². The third kappa shape index (κ3) is 4.81. The fourth-order valence-corrected chi connectivity index (χ4v) is 3.41. The second-order valence-electron chi connectivity index (χ2n) is 7.39. The van der Waals surface area contributed by atoms with Crippen LogP contribution >= 0.6 is 11.6 Å². The third-order valence-electron chi connectivity index (χ3n) is 5.11. The molecule has 1 aromatic carbocycles. The van der Waals surface area contributed by atoms with Gasteiger partial charge in [-0.2, -0.15) is 0 Å². The molecule has 0 aliphatic carbocycles. The summed E-state index contributed by atoms with van der Waals surface area (Å²) < 4.78 is 13.9. The molecule has 0 bridgehead atoms. The molecular formula is C20H30ClFN2. The Balaban J connectivity index is 2.13. The lowest BCUT2D eigenvalue weighted by molar-refractivity contribution is 0.106. The number of hydrogen-bond acceptors (Lipinski definition) is 2. The van der Waals surface area contributed by atoms with E-state index in [9.17, 15) is 4.39 Å². The van der Waals surface area contributed by atoms with E-state index in [-0.39, 0.29) is 16.8 Å². The SMILES string of the molecule is C=C(C(C)C)[C@H](CN1CCN(C(C)C)CC1)c1ccc(Cl)c(F)c1. The zero-order chi connectivity index (χ0) is 17.9. The van der Waals surface area contributed by atoms with Crippen LogP contribution in [-0.4, -0.2) is 48.6 Å². The summed E-state index contributed by atoms with van der Waals surface area (Å²) in [6, 6.07) is 5.77. The fraction of sp³-hybridized carbons (Fsp3) is 0.600. The molecule has 2 rings (SSSR count). The van der Waals surface area contributed by atoms with Gasteiger partial charge in [-0.3, -0.25) is 9.80 Å². The van der Waals surface area contributed by atoms with Crippen molar-refractivity contribution < 1.29 is 4.39 Å². The third-order valence-corrected chi connectivity index (χ3v) is 5.42. The maximum absolute atomic E-state index is 13.9. The second-order valence-corrected chi connectivity index (χ2v) is 7.79. The van der Waals surface area contributed by atoms with Gasteiger partial charge in [0.1, 0.15) is 5.82 Å². The van der Waals surface area contributed by atoms with Gasteiger partial charge in [-0.1, -0.05) is 43.7 Å². The molecule has 0 aromatic heterocycles. The number of piperazine rings is 1. The van der Waals surface area contributed by atoms with Gasteiger partial charge < -0.3 is 0 Å². The van der Waals surface area contributed by atoms with Crippen molar-refractivity contribution in [2.45, 2.75) is 39.7 Å². The van der Waals surface area contributed by atoms with Crippen LogP contribution in [0.2, 0.25) is 5.02 Å². The molecule has 1 fully saturated rings. The van der Waals surface area contributed by atoms with Crippen LogP contribution in [0.4, 0.5) is 4.39 Å². The average molecular weight is 353 g/mol. The van der Waals surface area contributed by atoms with Crippen molar-refractivity contribution in [1.29, 1.82) is 0 Å². The highest BCUT2D eigenvalue weighted by molar-refractivity contribution is 6.30. The molecule has 24 heavy (non-hydrogen) atoms. The summed E-state index contributed by atoms with van der Waals surface area (Å²) in [5, 5.41) is 0.179. The van der Waals surface area contributed by atoms with Gasteiger partial charge in [0, 0.05) is 44.7 Å². The predicted molar refractivity (Wildman–Crippen MR) is 101 cm³/mol. The highest BCUT2D eigenvalue weighted by Crippen LogP contribution is 2.31. The standard InChI is InChI=1S/C20H30ClFN2/c1-14(2)16(5)18(17-6-7-19(21)20(22)12-17)13-23-8-10-24(11-9-23)15(3)4/h6-7,12,14-15,18H,5,8-11,13H2,1-4H3/t18-/m0/s1. The average Bonchev–Trinajstić information content (AvgIpc) is 2.55. The van der Waals surface area contributed by atoms with Crippen molar-refractivity contribution in [2.24, 2.45) is 5.92 Å². The molecule has 0 amide bonds. The smallest absolute Gasteiger partial charge is 0.142 e. The van der Waals surface area contributed by atoms with Crippen molar-refractivity contribution >= 4 is 11.6 Å². The Kier molecular flexibility index (Phi) is 6.85. The summed E-state index contributed by atoms with van der Waals surface area (Å²) in [7, 11) is 0. The van der Waals surface area contributed by atoms with E-state index < -0.39 is 0 Å². The van der Waals surface area contributed by atoms with Gasteiger partial charge >= 0.3 is 0 Å². The molecule has 1 aliphatic rings. The maximum Gasteiger partial charge on any atom is 0.142 e. The Morgan fingerprint density at radius 3 is 2.29 bits per heavy atom. The van der Waals surface area contributed by atoms with Crippen LogP contribution in [0.5, 0.6) is 0 Å². The molecule has 0 N–H and O–H groups in total. The molecule has 1 aromatic rings. The number of benzene rings is 1. The zero-order valence-corrected chi connectivity index (χ0v) is 16.1. The Hall–Kier alpha value is -0.900. The number of rotatable bonds is 6. The Morgan fingerprint density at radius 1 is 1.17 bits per heavy atom. The predicted octanol–water partition coefficient (Wildman–Crippen LogP) is 4.80. The molecule has 1 heterocycles. The summed E-state index contributed by atoms with van der Waals surface area (Å²) in [6.07, 6.45) is 0. The van der Waals surface area contributed by atoms with Gasteiger partial charge in [0.25, 0.3) is 0 Å². The fourth-order valence-electron chi connectivity index (χ4n) is 3.29. The summed E-state index contributed by atoms with van der Waals surface area (Å²) in [6.45, 7) is 18.3. The lowest BCUT2D eigenvalue weighted by Gasteiger charge is -2.39. The highest BCUT2D eigenvalue weighted by Gasteiger charge is 2.25. The molecule has 1 atom stereocenters. The molecule has 134 valence electrons. The maximum atomic E-state index is 13.9. The van der Waals surface area contributed by atoms with Gasteiger partial charge in [-0.05, 0) is 37.5 Å². The summed E-state index contributed by atoms with van der Waals surface area (Å²) in [5.41, 5.74) is 2.13. The Morgan fingerprint density at radius 2 is 1.79 bits per heavy atom. The number of nitrogens with zero attached hydrogens (tertiary/aromatic N) is 2. The Bertz CT molecular complexity index is 563. The van der Waals surface area contributed by atoms with Gasteiger partial charge in [0.05, 0.1) is 5.02 Å². The Labute approximate surface area is 151 Å². The van der Waals surface area contributed by atoms with E-state index in [1.165, 1.54) is 0 Å². The summed E-state index contributed by atoms with van der Waals surface area (Å²) in [5.74, 6) is 0.161. The molecule has 1 aliphatic heterocycles. The first kappa shape index (κ1) is 19.4. The molecule has 4 heteroatoms. The monoisotopic (exact) mass is 352 g/mol. The minimum absolute atomic E-state index is 0.141. The minimum atomic E-state index is -0.347. The topological polar surface area (TPSA) is 6.48 Å². The van der Waals surface area contributed by atoms with Crippen LogP contribution in [-0.2, 0) is 0 Å². The van der Waals surface area contributed by atoms with Crippen molar-refractivity contribution in [3.05, 3.63) is 46.8 Å². The lowest BCUT2D eigenvalue weighted by Crippen LogP contribution is -2.49. The zero-order valence-electron chi connectivity index (χ0n) is 15.4. The normalized spacial score (nSPS) is 18.3. The molecule has 0 unspecified atom stereocenters. The van der Waals surface area contributed by atoms with Crippen molar-refractivity contribution in [3.8, 4) is 0 Å². The lowest BCUT2D eigenvalue weighted by atomic mass is 9.85. The van der Waals surface area contributed by atoms with E-state index in [0.29, 0.717) is 12.0 Å². The molecule has 0 spiro atoms. The first-order valence-electron chi connectivity index (χ1n) is 8.89. The first-order chi connectivity index (χ1) is 11.3. The molecule has 0 saturated carbocycles. The van der Waals surface area contributed by atoms with Gasteiger partial charge in [0.15, 0.2) is 0 Å². The van der Waals surface area contributed by atoms with Gasteiger partial charge in [-0.25, -0.2) is 4.39 Å². The summed E-state index contributed by atoms with van der Waals surface area (Å²) >= 11 is 5.85. The van der Waals surface area contributed by atoms with Crippen LogP contribution in [0.3, 0.4) is 0 Å². The van der Waals surface area contributed by atoms with Crippen molar-refractivity contribution in [1.82, 2.24) is 9.80 Å². The van der Waals surface area contributed by atoms with Crippen LogP contribution in [0, 0.1) is 11.7 Å². The van der Waals surface area contributed by atoms with E-state index in [4.69, 9.17) is 11.6 Å². The highest BCUT2D eigenvalue weighted by atomic mass is 35.5. The van der Waals surface area contributed by atoms with Gasteiger partial charge in [0.2, 0.25) is 0 Å². The van der Waals surface area contributed by atoms with Crippen LogP contribution in [0.15, 0.2) is 30.4 Å². The van der Waals surface area contributed by atoms with E-state index in [2.05, 4.69) is 44.1 Å². The number of halogens is 2. The van der Waals surface area contributed by atoms with Crippen molar-refractivity contribution in [3.63, 3.8) is 0 Å². The molecular weight excluding hydrogens is 323 g/mol. The van der Waals surface area contributed by atoms with Crippen LogP contribution in [0.25, 0.3) is 0 Å². The summed E-state index contributed by atoms with van der Waals surface area (Å²) in [4.78, 5) is 4.98. The molecule has 1 saturated heterocycles. The van der Waals surface area contributed by atoms with Gasteiger partial charge in [-0.15, -0.1) is 0 Å². The second kappa shape index (κ2) is 8.46. The first-order valence-corrected chi connectivity index (χ1v) is 9.27. The van der Waals surface area contributed by atoms with E-state index in [0.717, 1.165) is 43.9 Å². The van der Waals surface area contributed by atoms with Crippen molar-refractivity contribution in [2.75, 3.05) is 32.7 Å². The number of hydrogen-bond donors (Lipinski definition) is 0. The van der Waals surface area contributed by atoms with E-state index in [1.54, 1.807) is 12.1 Å². The van der Waals surface area contributed by atoms with Crippen LogP contribution < -0.4 is 0 Å².